The standard InChI is InChI=1S/C21H21N3O6S2/c25-20(22-14-4-6-18-19(10-14)29-13-28-18)12-31-21-23-16-11-15(5-7-17(16)30-21)32(26,27)24-8-2-1-3-9-24/h4-7,10-11H,1-3,8-9,12-13H2,(H,22,25). The maximum absolute atomic E-state index is 12.9. The molecule has 0 atom stereocenters. The molecule has 2 aliphatic rings. The molecule has 0 aliphatic carbocycles. The summed E-state index contributed by atoms with van der Waals surface area (Å²) in [7, 11) is -3.55. The average Bonchev–Trinajstić information content (AvgIpc) is 3.44. The van der Waals surface area contributed by atoms with Crippen LogP contribution in [0.3, 0.4) is 0 Å². The summed E-state index contributed by atoms with van der Waals surface area (Å²) in [6.45, 7) is 1.25. The van der Waals surface area contributed by atoms with E-state index in [1.54, 1.807) is 24.3 Å². The molecule has 2 aromatic carbocycles. The number of thioether (sulfide) groups is 1. The van der Waals surface area contributed by atoms with Crippen molar-refractivity contribution in [2.75, 3.05) is 31.0 Å². The van der Waals surface area contributed by atoms with Gasteiger partial charge in [-0.1, -0.05) is 18.2 Å². The number of nitrogens with one attached hydrogen (secondary N) is 1. The third-order valence-electron chi connectivity index (χ3n) is 5.28. The van der Waals surface area contributed by atoms with E-state index in [0.29, 0.717) is 46.6 Å². The molecular weight excluding hydrogens is 454 g/mol. The van der Waals surface area contributed by atoms with Crippen LogP contribution in [0.2, 0.25) is 0 Å². The lowest BCUT2D eigenvalue weighted by Crippen LogP contribution is -2.35. The van der Waals surface area contributed by atoms with Crippen molar-refractivity contribution in [2.45, 2.75) is 29.4 Å². The monoisotopic (exact) mass is 475 g/mol. The Morgan fingerprint density at radius 3 is 2.72 bits per heavy atom. The number of oxazole rings is 1. The number of fused-ring (bicyclic) bond motifs is 2. The van der Waals surface area contributed by atoms with Crippen molar-refractivity contribution in [1.82, 2.24) is 9.29 Å². The Hall–Kier alpha value is -2.76. The van der Waals surface area contributed by atoms with E-state index in [2.05, 4.69) is 10.3 Å². The molecule has 0 bridgehead atoms. The smallest absolute Gasteiger partial charge is 0.257 e. The molecule has 168 valence electrons. The van der Waals surface area contributed by atoms with Gasteiger partial charge in [-0.2, -0.15) is 4.31 Å². The van der Waals surface area contributed by atoms with Gasteiger partial charge in [-0.25, -0.2) is 13.4 Å². The van der Waals surface area contributed by atoms with Gasteiger partial charge in [0.25, 0.3) is 5.22 Å². The first kappa shape index (κ1) is 21.1. The number of hydrogen-bond donors (Lipinski definition) is 1. The van der Waals surface area contributed by atoms with Crippen LogP contribution in [0.5, 0.6) is 11.5 Å². The van der Waals surface area contributed by atoms with E-state index in [9.17, 15) is 13.2 Å². The number of nitrogens with zero attached hydrogens (tertiary/aromatic N) is 2. The summed E-state index contributed by atoms with van der Waals surface area (Å²) >= 11 is 1.13. The highest BCUT2D eigenvalue weighted by atomic mass is 32.2. The minimum atomic E-state index is -3.55. The second-order valence-electron chi connectivity index (χ2n) is 7.48. The molecule has 32 heavy (non-hydrogen) atoms. The van der Waals surface area contributed by atoms with Crippen molar-refractivity contribution < 1.29 is 27.1 Å². The number of rotatable bonds is 6. The van der Waals surface area contributed by atoms with E-state index in [0.717, 1.165) is 31.0 Å². The highest BCUT2D eigenvalue weighted by molar-refractivity contribution is 7.99. The largest absolute Gasteiger partial charge is 0.454 e. The van der Waals surface area contributed by atoms with Crippen molar-refractivity contribution in [3.63, 3.8) is 0 Å². The number of sulfonamides is 1. The van der Waals surface area contributed by atoms with Crippen LogP contribution in [-0.2, 0) is 14.8 Å². The van der Waals surface area contributed by atoms with Gasteiger partial charge >= 0.3 is 0 Å². The second kappa shape index (κ2) is 8.64. The second-order valence-corrected chi connectivity index (χ2v) is 10.3. The number of piperidine rings is 1. The number of anilines is 1. The zero-order valence-electron chi connectivity index (χ0n) is 17.1. The fourth-order valence-electron chi connectivity index (χ4n) is 3.66. The van der Waals surface area contributed by atoms with Crippen LogP contribution in [-0.4, -0.2) is 49.2 Å². The van der Waals surface area contributed by atoms with Crippen molar-refractivity contribution >= 4 is 44.5 Å². The zero-order valence-corrected chi connectivity index (χ0v) is 18.7. The van der Waals surface area contributed by atoms with Gasteiger partial charge < -0.3 is 19.2 Å². The van der Waals surface area contributed by atoms with Crippen molar-refractivity contribution in [3.8, 4) is 11.5 Å². The lowest BCUT2D eigenvalue weighted by Gasteiger charge is -2.25. The maximum Gasteiger partial charge on any atom is 0.257 e. The van der Waals surface area contributed by atoms with Gasteiger partial charge in [0.05, 0.1) is 10.6 Å². The molecule has 11 heteroatoms. The number of amides is 1. The number of carbonyl (C=O) groups is 1. The third-order valence-corrected chi connectivity index (χ3v) is 8.00. The Balaban J connectivity index is 1.24. The van der Waals surface area contributed by atoms with E-state index in [1.165, 1.54) is 16.4 Å². The predicted octanol–water partition coefficient (Wildman–Crippen LogP) is 3.46. The molecule has 9 nitrogen and oxygen atoms in total. The Labute approximate surface area is 189 Å². The highest BCUT2D eigenvalue weighted by Gasteiger charge is 2.26. The van der Waals surface area contributed by atoms with Crippen molar-refractivity contribution in [1.29, 1.82) is 0 Å². The van der Waals surface area contributed by atoms with Gasteiger partial charge in [0.1, 0.15) is 5.52 Å². The summed E-state index contributed by atoms with van der Waals surface area (Å²) in [4.78, 5) is 16.9. The average molecular weight is 476 g/mol. The number of hydrogen-bond acceptors (Lipinski definition) is 8. The molecule has 1 aromatic heterocycles. The van der Waals surface area contributed by atoms with Gasteiger partial charge in [-0.3, -0.25) is 4.79 Å². The first-order chi connectivity index (χ1) is 15.5. The van der Waals surface area contributed by atoms with Crippen LogP contribution in [0, 0.1) is 0 Å². The first-order valence-electron chi connectivity index (χ1n) is 10.2. The maximum atomic E-state index is 12.9. The lowest BCUT2D eigenvalue weighted by molar-refractivity contribution is -0.113. The topological polar surface area (TPSA) is 111 Å². The van der Waals surface area contributed by atoms with Crippen molar-refractivity contribution in [3.05, 3.63) is 36.4 Å². The van der Waals surface area contributed by atoms with Crippen LogP contribution in [0.15, 0.2) is 50.9 Å². The first-order valence-corrected chi connectivity index (χ1v) is 12.6. The SMILES string of the molecule is O=C(CSc1nc2cc(S(=O)(=O)N3CCCCC3)ccc2o1)Nc1ccc2c(c1)OCO2. The van der Waals surface area contributed by atoms with E-state index in [4.69, 9.17) is 13.9 Å². The normalized spacial score (nSPS) is 16.4. The molecule has 3 heterocycles. The molecule has 3 aromatic rings. The molecule has 0 unspecified atom stereocenters. The fraction of sp³-hybridized carbons (Fsp3) is 0.333. The Bertz CT molecular complexity index is 1270. The summed E-state index contributed by atoms with van der Waals surface area (Å²) in [5.74, 6) is 1.08. The van der Waals surface area contributed by atoms with E-state index in [-0.39, 0.29) is 23.3 Å². The van der Waals surface area contributed by atoms with E-state index < -0.39 is 10.0 Å². The highest BCUT2D eigenvalue weighted by Crippen LogP contribution is 2.34. The minimum absolute atomic E-state index is 0.0835. The Kier molecular flexibility index (Phi) is 5.70. The molecule has 1 fully saturated rings. The van der Waals surface area contributed by atoms with Crippen LogP contribution in [0.4, 0.5) is 5.69 Å². The van der Waals surface area contributed by atoms with Crippen LogP contribution < -0.4 is 14.8 Å². The minimum Gasteiger partial charge on any atom is -0.454 e. The van der Waals surface area contributed by atoms with E-state index in [1.807, 2.05) is 0 Å². The van der Waals surface area contributed by atoms with Gasteiger partial charge in [0.2, 0.25) is 22.7 Å². The number of ether oxygens (including phenoxy) is 2. The summed E-state index contributed by atoms with van der Waals surface area (Å²) in [5.41, 5.74) is 1.52. The number of carbonyl (C=O) groups excluding carboxylic acids is 1. The van der Waals surface area contributed by atoms with Crippen LogP contribution >= 0.6 is 11.8 Å². The molecule has 0 spiro atoms. The molecule has 1 amide bonds. The summed E-state index contributed by atoms with van der Waals surface area (Å²) < 4.78 is 43.5. The van der Waals surface area contributed by atoms with Gasteiger partial charge in [0.15, 0.2) is 17.1 Å². The van der Waals surface area contributed by atoms with Gasteiger partial charge in [-0.15, -0.1) is 0 Å². The fourth-order valence-corrected chi connectivity index (χ4v) is 5.84. The molecule has 2 aliphatic heterocycles. The van der Waals surface area contributed by atoms with Gasteiger partial charge in [0, 0.05) is 24.8 Å². The van der Waals surface area contributed by atoms with E-state index >= 15 is 0 Å². The molecule has 0 radical (unpaired) electrons. The number of aromatic nitrogens is 1. The molecule has 5 rings (SSSR count). The quantitative estimate of drug-likeness (QED) is 0.540. The van der Waals surface area contributed by atoms with Crippen LogP contribution in [0.1, 0.15) is 19.3 Å². The summed E-state index contributed by atoms with van der Waals surface area (Å²) in [5, 5.41) is 3.09. The molecule has 1 N–H and O–H groups in total. The predicted molar refractivity (Wildman–Crippen MR) is 119 cm³/mol. The summed E-state index contributed by atoms with van der Waals surface area (Å²) in [6, 6.07) is 9.85. The van der Waals surface area contributed by atoms with Crippen molar-refractivity contribution in [2.24, 2.45) is 0 Å². The summed E-state index contributed by atoms with van der Waals surface area (Å²) in [6.07, 6.45) is 2.80. The Morgan fingerprint density at radius 1 is 1.06 bits per heavy atom. The zero-order chi connectivity index (χ0) is 22.1. The third kappa shape index (κ3) is 4.27. The lowest BCUT2D eigenvalue weighted by atomic mass is 10.2. The van der Waals surface area contributed by atoms with Crippen LogP contribution in [0.25, 0.3) is 11.1 Å². The number of benzene rings is 2. The Morgan fingerprint density at radius 2 is 1.88 bits per heavy atom. The molecule has 1 saturated heterocycles. The van der Waals surface area contributed by atoms with Gasteiger partial charge in [-0.05, 0) is 43.2 Å². The molecular formula is C21H21N3O6S2. The molecule has 0 saturated carbocycles.